The molecule has 0 bridgehead atoms. The summed E-state index contributed by atoms with van der Waals surface area (Å²) in [6, 6.07) is 5.81. The molecule has 22 heavy (non-hydrogen) atoms. The zero-order chi connectivity index (χ0) is 15.3. The number of hydrogen-bond donors (Lipinski definition) is 2. The molecule has 2 aromatic heterocycles. The van der Waals surface area contributed by atoms with Gasteiger partial charge in [0.1, 0.15) is 11.1 Å². The van der Waals surface area contributed by atoms with E-state index in [0.717, 1.165) is 36.4 Å². The van der Waals surface area contributed by atoms with Gasteiger partial charge in [0.15, 0.2) is 11.4 Å². The van der Waals surface area contributed by atoms with E-state index >= 15 is 0 Å². The highest BCUT2D eigenvalue weighted by Gasteiger charge is 2.25. The van der Waals surface area contributed by atoms with Gasteiger partial charge in [-0.05, 0) is 25.1 Å². The van der Waals surface area contributed by atoms with E-state index in [1.54, 1.807) is 6.07 Å². The van der Waals surface area contributed by atoms with Gasteiger partial charge in [-0.3, -0.25) is 0 Å². The molecular formula is C15H16ClN5O. The van der Waals surface area contributed by atoms with Crippen molar-refractivity contribution in [1.29, 1.82) is 0 Å². The molecule has 4 rings (SSSR count). The summed E-state index contributed by atoms with van der Waals surface area (Å²) in [5, 5.41) is 4.87. The largest absolute Gasteiger partial charge is 0.450 e. The van der Waals surface area contributed by atoms with Crippen LogP contribution in [0, 0.1) is 0 Å². The van der Waals surface area contributed by atoms with E-state index in [1.807, 2.05) is 12.1 Å². The summed E-state index contributed by atoms with van der Waals surface area (Å²) >= 11 is 6.09. The van der Waals surface area contributed by atoms with Crippen molar-refractivity contribution >= 4 is 45.4 Å². The summed E-state index contributed by atoms with van der Waals surface area (Å²) in [6.07, 6.45) is 0. The van der Waals surface area contributed by atoms with Crippen LogP contribution in [-0.2, 0) is 0 Å². The number of hydrogen-bond acceptors (Lipinski definition) is 6. The van der Waals surface area contributed by atoms with Gasteiger partial charge in [0, 0.05) is 36.1 Å². The molecule has 114 valence electrons. The van der Waals surface area contributed by atoms with Crippen LogP contribution >= 0.6 is 11.6 Å². The molecule has 3 N–H and O–H groups in total. The molecule has 6 nitrogen and oxygen atoms in total. The number of fused-ring (bicyclic) bond motifs is 3. The molecule has 1 atom stereocenters. The molecule has 3 heterocycles. The van der Waals surface area contributed by atoms with Crippen molar-refractivity contribution < 1.29 is 4.42 Å². The van der Waals surface area contributed by atoms with Gasteiger partial charge in [-0.2, -0.15) is 4.98 Å². The van der Waals surface area contributed by atoms with Crippen LogP contribution in [0.4, 0.5) is 11.8 Å². The molecule has 0 aliphatic carbocycles. The summed E-state index contributed by atoms with van der Waals surface area (Å²) in [5.41, 5.74) is 8.05. The van der Waals surface area contributed by atoms with Crippen molar-refractivity contribution in [2.45, 2.75) is 13.0 Å². The first-order valence-electron chi connectivity index (χ1n) is 7.26. The smallest absolute Gasteiger partial charge is 0.222 e. The zero-order valence-corrected chi connectivity index (χ0v) is 12.9. The zero-order valence-electron chi connectivity index (χ0n) is 12.1. The molecule has 1 fully saturated rings. The topological polar surface area (TPSA) is 80.2 Å². The molecule has 0 amide bonds. The average molecular weight is 318 g/mol. The molecule has 0 spiro atoms. The second kappa shape index (κ2) is 5.00. The van der Waals surface area contributed by atoms with Crippen molar-refractivity contribution in [3.63, 3.8) is 0 Å². The van der Waals surface area contributed by atoms with Crippen LogP contribution in [0.3, 0.4) is 0 Å². The minimum Gasteiger partial charge on any atom is -0.450 e. The van der Waals surface area contributed by atoms with Crippen LogP contribution in [0.2, 0.25) is 5.02 Å². The fourth-order valence-corrected chi connectivity index (χ4v) is 3.14. The van der Waals surface area contributed by atoms with Gasteiger partial charge in [0.25, 0.3) is 0 Å². The normalized spacial score (nSPS) is 19.2. The number of halogens is 1. The van der Waals surface area contributed by atoms with E-state index in [0.29, 0.717) is 22.2 Å². The Hall–Kier alpha value is -2.05. The summed E-state index contributed by atoms with van der Waals surface area (Å²) in [6.45, 7) is 4.81. The number of furan rings is 1. The Bertz CT molecular complexity index is 862. The van der Waals surface area contributed by atoms with E-state index in [4.69, 9.17) is 21.8 Å². The Morgan fingerprint density at radius 1 is 1.41 bits per heavy atom. The summed E-state index contributed by atoms with van der Waals surface area (Å²) in [4.78, 5) is 11.0. The van der Waals surface area contributed by atoms with Crippen molar-refractivity contribution in [1.82, 2.24) is 15.3 Å². The fraction of sp³-hybridized carbons (Fsp3) is 0.333. The number of aromatic nitrogens is 2. The first-order chi connectivity index (χ1) is 10.6. The van der Waals surface area contributed by atoms with Crippen molar-refractivity contribution in [3.05, 3.63) is 23.2 Å². The van der Waals surface area contributed by atoms with E-state index in [-0.39, 0.29) is 5.95 Å². The van der Waals surface area contributed by atoms with Crippen molar-refractivity contribution in [2.75, 3.05) is 30.3 Å². The Morgan fingerprint density at radius 2 is 2.27 bits per heavy atom. The van der Waals surface area contributed by atoms with Gasteiger partial charge < -0.3 is 20.4 Å². The molecule has 0 saturated carbocycles. The molecule has 0 unspecified atom stereocenters. The number of nitrogens with zero attached hydrogens (tertiary/aromatic N) is 3. The number of nitrogen functional groups attached to an aromatic ring is 1. The standard InChI is InChI=1S/C15H16ClN5O/c1-8-7-18-4-5-21(8)14-13-12(19-15(17)20-14)10-6-9(16)2-3-11(10)22-13/h2-3,6,8,18H,4-5,7H2,1H3,(H2,17,19,20)/t8-/m0/s1. The van der Waals surface area contributed by atoms with E-state index in [9.17, 15) is 0 Å². The Kier molecular flexibility index (Phi) is 3.09. The lowest BCUT2D eigenvalue weighted by Crippen LogP contribution is -2.50. The van der Waals surface area contributed by atoms with Gasteiger partial charge in [-0.1, -0.05) is 11.6 Å². The van der Waals surface area contributed by atoms with Crippen LogP contribution in [0.5, 0.6) is 0 Å². The van der Waals surface area contributed by atoms with E-state index in [2.05, 4.69) is 27.1 Å². The lowest BCUT2D eigenvalue weighted by Gasteiger charge is -2.34. The van der Waals surface area contributed by atoms with E-state index in [1.165, 1.54) is 0 Å². The highest BCUT2D eigenvalue weighted by molar-refractivity contribution is 6.31. The van der Waals surface area contributed by atoms with Gasteiger partial charge in [-0.15, -0.1) is 0 Å². The van der Waals surface area contributed by atoms with Crippen LogP contribution in [-0.4, -0.2) is 35.6 Å². The highest BCUT2D eigenvalue weighted by Crippen LogP contribution is 2.35. The number of rotatable bonds is 1. The molecule has 0 radical (unpaired) electrons. The van der Waals surface area contributed by atoms with Crippen LogP contribution in [0.25, 0.3) is 22.1 Å². The molecule has 1 aromatic carbocycles. The lowest BCUT2D eigenvalue weighted by atomic mass is 10.2. The fourth-order valence-electron chi connectivity index (χ4n) is 2.97. The lowest BCUT2D eigenvalue weighted by molar-refractivity contribution is 0.495. The predicted molar refractivity (Wildman–Crippen MR) is 88.4 cm³/mol. The quantitative estimate of drug-likeness (QED) is 0.717. The Morgan fingerprint density at radius 3 is 3.09 bits per heavy atom. The summed E-state index contributed by atoms with van der Waals surface area (Å²) in [5.74, 6) is 1.000. The first kappa shape index (κ1) is 13.6. The monoisotopic (exact) mass is 317 g/mol. The molecule has 1 saturated heterocycles. The summed E-state index contributed by atoms with van der Waals surface area (Å²) in [7, 11) is 0. The highest BCUT2D eigenvalue weighted by atomic mass is 35.5. The first-order valence-corrected chi connectivity index (χ1v) is 7.64. The predicted octanol–water partition coefficient (Wildman–Crippen LogP) is 2.41. The van der Waals surface area contributed by atoms with Crippen LogP contribution < -0.4 is 16.0 Å². The number of piperazine rings is 1. The van der Waals surface area contributed by atoms with Gasteiger partial charge in [-0.25, -0.2) is 4.98 Å². The molecule has 1 aliphatic heterocycles. The number of nitrogens with two attached hydrogens (primary N) is 1. The van der Waals surface area contributed by atoms with Gasteiger partial charge in [0.05, 0.1) is 0 Å². The maximum atomic E-state index is 6.09. The Balaban J connectivity index is 2.00. The maximum absolute atomic E-state index is 6.09. The molecule has 7 heteroatoms. The number of benzene rings is 1. The SMILES string of the molecule is C[C@H]1CNCCN1c1nc(N)nc2c1oc1ccc(Cl)cc12. The minimum atomic E-state index is 0.246. The molecule has 1 aliphatic rings. The second-order valence-corrected chi connectivity index (χ2v) is 6.01. The number of nitrogens with one attached hydrogen (secondary N) is 1. The van der Waals surface area contributed by atoms with Gasteiger partial charge in [0.2, 0.25) is 5.95 Å². The van der Waals surface area contributed by atoms with Crippen LogP contribution in [0.1, 0.15) is 6.92 Å². The second-order valence-electron chi connectivity index (χ2n) is 5.57. The van der Waals surface area contributed by atoms with E-state index < -0.39 is 0 Å². The third-order valence-corrected chi connectivity index (χ3v) is 4.28. The van der Waals surface area contributed by atoms with Gasteiger partial charge >= 0.3 is 0 Å². The number of anilines is 2. The molecule has 3 aromatic rings. The maximum Gasteiger partial charge on any atom is 0.222 e. The summed E-state index contributed by atoms with van der Waals surface area (Å²) < 4.78 is 5.99. The van der Waals surface area contributed by atoms with Crippen molar-refractivity contribution in [2.24, 2.45) is 0 Å². The molecular weight excluding hydrogens is 302 g/mol. The Labute approximate surface area is 132 Å². The van der Waals surface area contributed by atoms with Crippen molar-refractivity contribution in [3.8, 4) is 0 Å². The minimum absolute atomic E-state index is 0.246. The third kappa shape index (κ3) is 2.07. The average Bonchev–Trinajstić information content (AvgIpc) is 2.85. The van der Waals surface area contributed by atoms with Crippen LogP contribution in [0.15, 0.2) is 22.6 Å². The third-order valence-electron chi connectivity index (χ3n) is 4.05.